The molecule has 2 heterocycles. The second-order valence-electron chi connectivity index (χ2n) is 7.03. The average molecular weight is 419 g/mol. The predicted molar refractivity (Wildman–Crippen MR) is 121 cm³/mol. The van der Waals surface area contributed by atoms with Crippen LogP contribution >= 0.6 is 0 Å². The third-order valence-corrected chi connectivity index (χ3v) is 4.70. The number of aromatic amines is 1. The van der Waals surface area contributed by atoms with Crippen molar-refractivity contribution in [1.29, 1.82) is 5.26 Å². The number of rotatable bonds is 10. The van der Waals surface area contributed by atoms with Gasteiger partial charge in [0, 0.05) is 36.4 Å². The Hall–Kier alpha value is -3.93. The second kappa shape index (κ2) is 11.9. The average Bonchev–Trinajstić information content (AvgIpc) is 3.26. The SMILES string of the molecule is N#CNC(=NCCCCCCCC(=O)Nc1cccc2cn[nH]c12)Nc1ccncc1. The van der Waals surface area contributed by atoms with Crippen LogP contribution < -0.4 is 16.0 Å². The Balaban J connectivity index is 1.29. The Morgan fingerprint density at radius 3 is 2.71 bits per heavy atom. The Morgan fingerprint density at radius 1 is 1.06 bits per heavy atom. The lowest BCUT2D eigenvalue weighted by molar-refractivity contribution is -0.116. The number of carbonyl (C=O) groups is 1. The molecule has 0 saturated carbocycles. The molecule has 0 aliphatic rings. The van der Waals surface area contributed by atoms with Crippen molar-refractivity contribution in [2.24, 2.45) is 4.99 Å². The summed E-state index contributed by atoms with van der Waals surface area (Å²) in [6.45, 7) is 0.622. The second-order valence-corrected chi connectivity index (χ2v) is 7.03. The Bertz CT molecular complexity index is 1040. The van der Waals surface area contributed by atoms with E-state index < -0.39 is 0 Å². The first-order valence-electron chi connectivity index (χ1n) is 10.3. The van der Waals surface area contributed by atoms with Crippen LogP contribution in [0.25, 0.3) is 10.9 Å². The molecule has 0 spiro atoms. The van der Waals surface area contributed by atoms with Crippen molar-refractivity contribution in [3.63, 3.8) is 0 Å². The van der Waals surface area contributed by atoms with Crippen molar-refractivity contribution < 1.29 is 4.79 Å². The third kappa shape index (κ3) is 7.12. The van der Waals surface area contributed by atoms with Gasteiger partial charge in [0.25, 0.3) is 0 Å². The topological polar surface area (TPSA) is 131 Å². The van der Waals surface area contributed by atoms with Crippen LogP contribution in [0.4, 0.5) is 11.4 Å². The summed E-state index contributed by atoms with van der Waals surface area (Å²) >= 11 is 0. The zero-order chi connectivity index (χ0) is 21.7. The molecule has 0 bridgehead atoms. The van der Waals surface area contributed by atoms with Crippen molar-refractivity contribution >= 4 is 34.1 Å². The normalized spacial score (nSPS) is 11.1. The number of unbranched alkanes of at least 4 members (excludes halogenated alkanes) is 4. The number of benzene rings is 1. The van der Waals surface area contributed by atoms with Crippen LogP contribution in [0.2, 0.25) is 0 Å². The van der Waals surface area contributed by atoms with E-state index in [0.717, 1.165) is 54.4 Å². The number of para-hydroxylation sites is 1. The van der Waals surface area contributed by atoms with Gasteiger partial charge in [-0.05, 0) is 31.0 Å². The molecule has 9 nitrogen and oxygen atoms in total. The van der Waals surface area contributed by atoms with E-state index in [0.29, 0.717) is 18.9 Å². The van der Waals surface area contributed by atoms with Gasteiger partial charge in [0.2, 0.25) is 11.9 Å². The quantitative estimate of drug-likeness (QED) is 0.130. The van der Waals surface area contributed by atoms with E-state index in [4.69, 9.17) is 5.26 Å². The molecule has 9 heteroatoms. The van der Waals surface area contributed by atoms with Gasteiger partial charge in [0.15, 0.2) is 6.19 Å². The smallest absolute Gasteiger partial charge is 0.224 e. The largest absolute Gasteiger partial charge is 0.325 e. The molecule has 1 amide bonds. The first-order valence-corrected chi connectivity index (χ1v) is 10.3. The number of fused-ring (bicyclic) bond motifs is 1. The van der Waals surface area contributed by atoms with E-state index in [9.17, 15) is 4.79 Å². The van der Waals surface area contributed by atoms with E-state index in [2.05, 4.69) is 36.1 Å². The summed E-state index contributed by atoms with van der Waals surface area (Å²) in [7, 11) is 0. The summed E-state index contributed by atoms with van der Waals surface area (Å²) < 4.78 is 0. The summed E-state index contributed by atoms with van der Waals surface area (Å²) in [5.74, 6) is 0.443. The van der Waals surface area contributed by atoms with Gasteiger partial charge >= 0.3 is 0 Å². The molecule has 160 valence electrons. The van der Waals surface area contributed by atoms with E-state index in [1.54, 1.807) is 30.7 Å². The number of hydrogen-bond acceptors (Lipinski definition) is 5. The lowest BCUT2D eigenvalue weighted by Crippen LogP contribution is -2.27. The number of H-pyrrole nitrogens is 1. The highest BCUT2D eigenvalue weighted by molar-refractivity contribution is 6.00. The number of carbonyl (C=O) groups excluding carboxylic acids is 1. The molecule has 0 atom stereocenters. The summed E-state index contributed by atoms with van der Waals surface area (Å²) in [6, 6.07) is 9.34. The van der Waals surface area contributed by atoms with Gasteiger partial charge in [-0.2, -0.15) is 10.4 Å². The molecule has 1 aromatic carbocycles. The minimum Gasteiger partial charge on any atom is -0.325 e. The molecule has 4 N–H and O–H groups in total. The fraction of sp³-hybridized carbons (Fsp3) is 0.318. The molecule has 31 heavy (non-hydrogen) atoms. The van der Waals surface area contributed by atoms with E-state index in [1.807, 2.05) is 24.4 Å². The number of aromatic nitrogens is 3. The number of nitriles is 1. The Kier molecular flexibility index (Phi) is 8.37. The zero-order valence-corrected chi connectivity index (χ0v) is 17.3. The van der Waals surface area contributed by atoms with Gasteiger partial charge in [-0.25, -0.2) is 0 Å². The molecule has 0 aliphatic carbocycles. The fourth-order valence-electron chi connectivity index (χ4n) is 3.14. The van der Waals surface area contributed by atoms with Crippen molar-refractivity contribution in [1.82, 2.24) is 20.5 Å². The highest BCUT2D eigenvalue weighted by atomic mass is 16.1. The standard InChI is InChI=1S/C22H26N8O/c23-16-26-22(28-18-10-13-24-14-11-18)25-12-5-3-1-2-4-9-20(31)29-19-8-6-7-17-15-27-30-21(17)19/h6-8,10-11,13-15H,1-5,9,12H2,(H,27,30)(H,29,31)(H2,24,25,26,28). The van der Waals surface area contributed by atoms with Gasteiger partial charge < -0.3 is 10.6 Å². The van der Waals surface area contributed by atoms with Gasteiger partial charge in [0.05, 0.1) is 17.4 Å². The third-order valence-electron chi connectivity index (χ3n) is 4.70. The van der Waals surface area contributed by atoms with Crippen LogP contribution in [0.15, 0.2) is 53.9 Å². The van der Waals surface area contributed by atoms with Crippen LogP contribution in [-0.2, 0) is 4.79 Å². The van der Waals surface area contributed by atoms with Crippen LogP contribution in [0.5, 0.6) is 0 Å². The first-order chi connectivity index (χ1) is 15.3. The molecule has 0 radical (unpaired) electrons. The molecule has 3 rings (SSSR count). The first kappa shape index (κ1) is 21.8. The van der Waals surface area contributed by atoms with E-state index >= 15 is 0 Å². The maximum Gasteiger partial charge on any atom is 0.224 e. The molecular weight excluding hydrogens is 392 g/mol. The van der Waals surface area contributed by atoms with Gasteiger partial charge in [-0.15, -0.1) is 0 Å². The highest BCUT2D eigenvalue weighted by Crippen LogP contribution is 2.20. The molecular formula is C22H26N8O. The molecule has 0 aliphatic heterocycles. The molecule has 2 aromatic heterocycles. The van der Waals surface area contributed by atoms with Crippen molar-refractivity contribution in [3.8, 4) is 6.19 Å². The van der Waals surface area contributed by atoms with Crippen LogP contribution in [-0.4, -0.2) is 33.6 Å². The maximum atomic E-state index is 12.2. The van der Waals surface area contributed by atoms with E-state index in [-0.39, 0.29) is 5.91 Å². The van der Waals surface area contributed by atoms with Gasteiger partial charge in [0.1, 0.15) is 0 Å². The number of guanidine groups is 1. The molecule has 0 unspecified atom stereocenters. The number of amides is 1. The van der Waals surface area contributed by atoms with E-state index in [1.165, 1.54) is 0 Å². The number of hydrogen-bond donors (Lipinski definition) is 4. The van der Waals surface area contributed by atoms with Crippen molar-refractivity contribution in [2.75, 3.05) is 17.2 Å². The lowest BCUT2D eigenvalue weighted by atomic mass is 10.1. The minimum absolute atomic E-state index is 0.0149. The molecule has 3 aromatic rings. The number of nitrogens with one attached hydrogen (secondary N) is 4. The zero-order valence-electron chi connectivity index (χ0n) is 17.3. The van der Waals surface area contributed by atoms with Crippen LogP contribution in [0, 0.1) is 11.5 Å². The number of anilines is 2. The maximum absolute atomic E-state index is 12.2. The predicted octanol–water partition coefficient (Wildman–Crippen LogP) is 3.78. The summed E-state index contributed by atoms with van der Waals surface area (Å²) in [4.78, 5) is 20.6. The summed E-state index contributed by atoms with van der Waals surface area (Å²) in [5.41, 5.74) is 2.43. The highest BCUT2D eigenvalue weighted by Gasteiger charge is 2.07. The monoisotopic (exact) mass is 418 g/mol. The fourth-order valence-corrected chi connectivity index (χ4v) is 3.14. The van der Waals surface area contributed by atoms with Crippen LogP contribution in [0.3, 0.4) is 0 Å². The number of nitrogens with zero attached hydrogens (tertiary/aromatic N) is 4. The van der Waals surface area contributed by atoms with Gasteiger partial charge in [-0.3, -0.25) is 25.2 Å². The van der Waals surface area contributed by atoms with Crippen molar-refractivity contribution in [2.45, 2.75) is 38.5 Å². The number of aliphatic imine (C=N–C) groups is 1. The Labute approximate surface area is 181 Å². The summed E-state index contributed by atoms with van der Waals surface area (Å²) in [5, 5.41) is 25.3. The van der Waals surface area contributed by atoms with Crippen LogP contribution in [0.1, 0.15) is 38.5 Å². The molecule has 0 saturated heterocycles. The van der Waals surface area contributed by atoms with Gasteiger partial charge in [-0.1, -0.05) is 31.4 Å². The lowest BCUT2D eigenvalue weighted by Gasteiger charge is -2.07. The van der Waals surface area contributed by atoms with Crippen molar-refractivity contribution in [3.05, 3.63) is 48.9 Å². The molecule has 0 fully saturated rings. The minimum atomic E-state index is 0.0149. The summed E-state index contributed by atoms with van der Waals surface area (Å²) in [6.07, 6.45) is 12.3. The number of pyridine rings is 1. The Morgan fingerprint density at radius 2 is 1.87 bits per heavy atom.